The second kappa shape index (κ2) is 7.24. The van der Waals surface area contributed by atoms with Gasteiger partial charge in [-0.2, -0.15) is 0 Å². The van der Waals surface area contributed by atoms with Crippen molar-refractivity contribution in [3.63, 3.8) is 0 Å². The standard InChI is InChI=1S/C18H22N4O/c1-15(23)20-17-7-5-16(6-8-17)14-21-10-12-22(13-11-21)18-4-2-3-9-19-18/h2-9H,10-14H2,1H3,(H,20,23). The second-order valence-electron chi connectivity index (χ2n) is 5.83. The van der Waals surface area contributed by atoms with E-state index in [1.807, 2.05) is 30.5 Å². The predicted molar refractivity (Wildman–Crippen MR) is 92.5 cm³/mol. The molecule has 5 heteroatoms. The molecule has 120 valence electrons. The van der Waals surface area contributed by atoms with E-state index in [4.69, 9.17) is 0 Å². The number of pyridine rings is 1. The van der Waals surface area contributed by atoms with Gasteiger partial charge in [-0.15, -0.1) is 0 Å². The molecule has 1 saturated heterocycles. The molecule has 0 radical (unpaired) electrons. The fourth-order valence-corrected chi connectivity index (χ4v) is 2.83. The van der Waals surface area contributed by atoms with Crippen LogP contribution in [0.5, 0.6) is 0 Å². The number of carbonyl (C=O) groups is 1. The van der Waals surface area contributed by atoms with Crippen LogP contribution in [0, 0.1) is 0 Å². The molecule has 2 heterocycles. The molecule has 1 aromatic carbocycles. The topological polar surface area (TPSA) is 48.5 Å². The molecule has 1 amide bonds. The van der Waals surface area contributed by atoms with Gasteiger partial charge in [0.15, 0.2) is 0 Å². The molecule has 0 spiro atoms. The number of piperazine rings is 1. The van der Waals surface area contributed by atoms with Gasteiger partial charge in [-0.1, -0.05) is 18.2 Å². The number of nitrogens with zero attached hydrogens (tertiary/aromatic N) is 3. The number of anilines is 2. The van der Waals surface area contributed by atoms with Crippen molar-refractivity contribution in [2.45, 2.75) is 13.5 Å². The molecule has 1 aliphatic rings. The van der Waals surface area contributed by atoms with Gasteiger partial charge < -0.3 is 10.2 Å². The zero-order valence-corrected chi connectivity index (χ0v) is 13.4. The van der Waals surface area contributed by atoms with E-state index in [0.29, 0.717) is 0 Å². The summed E-state index contributed by atoms with van der Waals surface area (Å²) in [4.78, 5) is 20.2. The highest BCUT2D eigenvalue weighted by Crippen LogP contribution is 2.15. The number of hydrogen-bond acceptors (Lipinski definition) is 4. The number of aromatic nitrogens is 1. The normalized spacial score (nSPS) is 15.4. The molecule has 0 unspecified atom stereocenters. The maximum atomic E-state index is 11.0. The van der Waals surface area contributed by atoms with Gasteiger partial charge >= 0.3 is 0 Å². The van der Waals surface area contributed by atoms with Gasteiger partial charge in [0.05, 0.1) is 0 Å². The van der Waals surface area contributed by atoms with E-state index >= 15 is 0 Å². The quantitative estimate of drug-likeness (QED) is 0.942. The van der Waals surface area contributed by atoms with Gasteiger partial charge in [0, 0.05) is 51.5 Å². The Balaban J connectivity index is 1.51. The van der Waals surface area contributed by atoms with Gasteiger partial charge in [-0.05, 0) is 29.8 Å². The third kappa shape index (κ3) is 4.29. The molecule has 1 N–H and O–H groups in total. The van der Waals surface area contributed by atoms with Crippen molar-refractivity contribution in [2.24, 2.45) is 0 Å². The van der Waals surface area contributed by atoms with Crippen LogP contribution in [0.1, 0.15) is 12.5 Å². The van der Waals surface area contributed by atoms with Gasteiger partial charge in [-0.3, -0.25) is 9.69 Å². The summed E-state index contributed by atoms with van der Waals surface area (Å²) in [7, 11) is 0. The predicted octanol–water partition coefficient (Wildman–Crippen LogP) is 2.36. The Morgan fingerprint density at radius 3 is 2.43 bits per heavy atom. The fourth-order valence-electron chi connectivity index (χ4n) is 2.83. The Kier molecular flexibility index (Phi) is 4.88. The average molecular weight is 310 g/mol. The van der Waals surface area contributed by atoms with Crippen LogP contribution < -0.4 is 10.2 Å². The maximum Gasteiger partial charge on any atom is 0.221 e. The van der Waals surface area contributed by atoms with Crippen LogP contribution in [0.4, 0.5) is 11.5 Å². The number of nitrogens with one attached hydrogen (secondary N) is 1. The number of rotatable bonds is 4. The summed E-state index contributed by atoms with van der Waals surface area (Å²) in [6, 6.07) is 14.1. The van der Waals surface area contributed by atoms with Crippen molar-refractivity contribution in [2.75, 3.05) is 36.4 Å². The zero-order valence-electron chi connectivity index (χ0n) is 13.4. The first-order valence-corrected chi connectivity index (χ1v) is 7.95. The summed E-state index contributed by atoms with van der Waals surface area (Å²) in [6.45, 7) is 6.53. The van der Waals surface area contributed by atoms with Crippen LogP contribution in [-0.2, 0) is 11.3 Å². The van der Waals surface area contributed by atoms with Crippen molar-refractivity contribution >= 4 is 17.4 Å². The lowest BCUT2D eigenvalue weighted by Crippen LogP contribution is -2.46. The minimum absolute atomic E-state index is 0.0385. The highest BCUT2D eigenvalue weighted by molar-refractivity contribution is 5.88. The zero-order chi connectivity index (χ0) is 16.1. The van der Waals surface area contributed by atoms with Gasteiger partial charge in [0.1, 0.15) is 5.82 Å². The molecular formula is C18H22N4O. The minimum atomic E-state index is -0.0385. The Bertz CT molecular complexity index is 634. The summed E-state index contributed by atoms with van der Waals surface area (Å²) in [6.07, 6.45) is 1.85. The molecule has 3 rings (SSSR count). The third-order valence-corrected chi connectivity index (χ3v) is 4.03. The largest absolute Gasteiger partial charge is 0.354 e. The van der Waals surface area contributed by atoms with E-state index in [9.17, 15) is 4.79 Å². The van der Waals surface area contributed by atoms with Crippen molar-refractivity contribution < 1.29 is 4.79 Å². The number of benzene rings is 1. The highest BCUT2D eigenvalue weighted by atomic mass is 16.1. The lowest BCUT2D eigenvalue weighted by Gasteiger charge is -2.35. The Labute approximate surface area is 136 Å². The first kappa shape index (κ1) is 15.5. The van der Waals surface area contributed by atoms with Gasteiger partial charge in [0.2, 0.25) is 5.91 Å². The monoisotopic (exact) mass is 310 g/mol. The van der Waals surface area contributed by atoms with Gasteiger partial charge in [-0.25, -0.2) is 4.98 Å². The lowest BCUT2D eigenvalue weighted by molar-refractivity contribution is -0.114. The highest BCUT2D eigenvalue weighted by Gasteiger charge is 2.17. The molecular weight excluding hydrogens is 288 g/mol. The molecule has 1 fully saturated rings. The number of amides is 1. The molecule has 0 saturated carbocycles. The molecule has 0 atom stereocenters. The number of carbonyl (C=O) groups excluding carboxylic acids is 1. The molecule has 1 aliphatic heterocycles. The third-order valence-electron chi connectivity index (χ3n) is 4.03. The van der Waals surface area contributed by atoms with E-state index in [1.165, 1.54) is 12.5 Å². The van der Waals surface area contributed by atoms with Crippen molar-refractivity contribution in [1.29, 1.82) is 0 Å². The Morgan fingerprint density at radius 1 is 1.09 bits per heavy atom. The summed E-state index contributed by atoms with van der Waals surface area (Å²) < 4.78 is 0. The average Bonchev–Trinajstić information content (AvgIpc) is 2.58. The molecule has 2 aromatic rings. The van der Waals surface area contributed by atoms with Crippen LogP contribution in [-0.4, -0.2) is 42.0 Å². The number of hydrogen-bond donors (Lipinski definition) is 1. The Morgan fingerprint density at radius 2 is 1.83 bits per heavy atom. The maximum absolute atomic E-state index is 11.0. The van der Waals surface area contributed by atoms with E-state index in [-0.39, 0.29) is 5.91 Å². The van der Waals surface area contributed by atoms with Crippen LogP contribution in [0.3, 0.4) is 0 Å². The van der Waals surface area contributed by atoms with E-state index < -0.39 is 0 Å². The van der Waals surface area contributed by atoms with Crippen LogP contribution in [0.25, 0.3) is 0 Å². The van der Waals surface area contributed by atoms with E-state index in [1.54, 1.807) is 0 Å². The summed E-state index contributed by atoms with van der Waals surface area (Å²) >= 11 is 0. The first-order chi connectivity index (χ1) is 11.2. The van der Waals surface area contributed by atoms with Crippen molar-refractivity contribution in [3.8, 4) is 0 Å². The van der Waals surface area contributed by atoms with Gasteiger partial charge in [0.25, 0.3) is 0 Å². The van der Waals surface area contributed by atoms with Crippen molar-refractivity contribution in [1.82, 2.24) is 9.88 Å². The van der Waals surface area contributed by atoms with Crippen LogP contribution in [0.2, 0.25) is 0 Å². The molecule has 23 heavy (non-hydrogen) atoms. The summed E-state index contributed by atoms with van der Waals surface area (Å²) in [5, 5.41) is 2.79. The molecule has 0 aliphatic carbocycles. The van der Waals surface area contributed by atoms with E-state index in [0.717, 1.165) is 44.2 Å². The van der Waals surface area contributed by atoms with Crippen LogP contribution >= 0.6 is 0 Å². The smallest absolute Gasteiger partial charge is 0.221 e. The summed E-state index contributed by atoms with van der Waals surface area (Å²) in [5.41, 5.74) is 2.12. The second-order valence-corrected chi connectivity index (χ2v) is 5.83. The minimum Gasteiger partial charge on any atom is -0.354 e. The van der Waals surface area contributed by atoms with Crippen molar-refractivity contribution in [3.05, 3.63) is 54.2 Å². The lowest BCUT2D eigenvalue weighted by atomic mass is 10.1. The molecule has 0 bridgehead atoms. The Hall–Kier alpha value is -2.40. The first-order valence-electron chi connectivity index (χ1n) is 7.95. The van der Waals surface area contributed by atoms with E-state index in [2.05, 4.69) is 38.3 Å². The SMILES string of the molecule is CC(=O)Nc1ccc(CN2CCN(c3ccccn3)CC2)cc1. The molecule has 1 aromatic heterocycles. The molecule has 5 nitrogen and oxygen atoms in total. The summed E-state index contributed by atoms with van der Waals surface area (Å²) in [5.74, 6) is 1.02. The fraction of sp³-hybridized carbons (Fsp3) is 0.333. The van der Waals surface area contributed by atoms with Crippen LogP contribution in [0.15, 0.2) is 48.7 Å².